The van der Waals surface area contributed by atoms with Gasteiger partial charge in [-0.1, -0.05) is 53.8 Å². The molecule has 0 radical (unpaired) electrons. The molecule has 0 heterocycles. The van der Waals surface area contributed by atoms with Gasteiger partial charge in [0.2, 0.25) is 0 Å². The number of hydrogen-bond donors (Lipinski definition) is 2. The molecule has 0 saturated heterocycles. The molecule has 2 rings (SSSR count). The van der Waals surface area contributed by atoms with Crippen molar-refractivity contribution in [2.75, 3.05) is 25.6 Å². The summed E-state index contributed by atoms with van der Waals surface area (Å²) in [5.41, 5.74) is 7.56. The first-order chi connectivity index (χ1) is 14.9. The number of halogens is 1. The quantitative estimate of drug-likeness (QED) is 0.184. The van der Waals surface area contributed by atoms with Gasteiger partial charge in [0.15, 0.2) is 0 Å². The summed E-state index contributed by atoms with van der Waals surface area (Å²) in [5.74, 6) is -0.189. The molecule has 0 spiro atoms. The third-order valence-electron chi connectivity index (χ3n) is 4.27. The lowest BCUT2D eigenvalue weighted by Gasteiger charge is -2.06. The summed E-state index contributed by atoms with van der Waals surface area (Å²) in [6.45, 7) is 7.94. The number of aromatic carboxylic acids is 1. The van der Waals surface area contributed by atoms with Gasteiger partial charge in [0.1, 0.15) is 5.75 Å². The second-order valence-corrected chi connectivity index (χ2v) is 8.28. The lowest BCUT2D eigenvalue weighted by atomic mass is 10.1. The molecule has 0 saturated carbocycles. The molecule has 0 aliphatic carbocycles. The van der Waals surface area contributed by atoms with Crippen molar-refractivity contribution in [3.8, 4) is 5.75 Å². The molecule has 170 valence electrons. The van der Waals surface area contributed by atoms with Crippen LogP contribution < -0.4 is 10.5 Å². The predicted octanol–water partition coefficient (Wildman–Crippen LogP) is 6.73. The summed E-state index contributed by atoms with van der Waals surface area (Å²) in [5, 5.41) is 8.81. The smallest absolute Gasteiger partial charge is 0.335 e. The number of ether oxygens (including phenoxy) is 2. The number of rotatable bonds is 13. The number of nitrogens with two attached hydrogens (primary N) is 1. The number of hydrogen-bond acceptors (Lipinski definition) is 4. The number of carboxylic acids is 1. The Morgan fingerprint density at radius 2 is 1.48 bits per heavy atom. The van der Waals surface area contributed by atoms with Crippen LogP contribution in [0, 0.1) is 0 Å². The van der Waals surface area contributed by atoms with Crippen molar-refractivity contribution in [3.63, 3.8) is 0 Å². The molecule has 0 fully saturated rings. The summed E-state index contributed by atoms with van der Waals surface area (Å²) in [6.07, 6.45) is 6.92. The van der Waals surface area contributed by atoms with Crippen LogP contribution in [0.15, 0.2) is 65.2 Å². The second-order valence-electron chi connectivity index (χ2n) is 7.36. The number of benzene rings is 2. The molecule has 0 bridgehead atoms. The fourth-order valence-corrected chi connectivity index (χ4v) is 2.87. The minimum absolute atomic E-state index is 0.282. The van der Waals surface area contributed by atoms with Gasteiger partial charge in [-0.25, -0.2) is 4.79 Å². The summed E-state index contributed by atoms with van der Waals surface area (Å²) in [7, 11) is 0. The lowest BCUT2D eigenvalue weighted by molar-refractivity contribution is 0.0697. The average molecular weight is 492 g/mol. The van der Waals surface area contributed by atoms with Crippen LogP contribution in [0.3, 0.4) is 0 Å². The summed E-state index contributed by atoms with van der Waals surface area (Å²) in [6, 6.07) is 14.1. The molecule has 0 aromatic heterocycles. The molecule has 31 heavy (non-hydrogen) atoms. The Kier molecular flexibility index (Phi) is 14.1. The number of anilines is 1. The molecular weight excluding hydrogens is 458 g/mol. The van der Waals surface area contributed by atoms with E-state index in [4.69, 9.17) is 20.3 Å². The van der Waals surface area contributed by atoms with Crippen LogP contribution in [0.2, 0.25) is 0 Å². The Hall–Kier alpha value is -2.31. The third kappa shape index (κ3) is 14.3. The first-order valence-electron chi connectivity index (χ1n) is 10.6. The maximum absolute atomic E-state index is 10.7. The molecule has 6 heteroatoms. The SMILES string of the molecule is C=C(C)COCCCCCCCCOc1ccc(C(=O)O)cc1.Nc1ccc(Br)cc1. The maximum Gasteiger partial charge on any atom is 0.335 e. The highest BCUT2D eigenvalue weighted by molar-refractivity contribution is 9.10. The van der Waals surface area contributed by atoms with Crippen LogP contribution in [0.25, 0.3) is 0 Å². The molecule has 2 aromatic carbocycles. The van der Waals surface area contributed by atoms with Crippen molar-refractivity contribution in [1.29, 1.82) is 0 Å². The highest BCUT2D eigenvalue weighted by Crippen LogP contribution is 2.13. The van der Waals surface area contributed by atoms with Crippen LogP contribution in [0.5, 0.6) is 5.75 Å². The normalized spacial score (nSPS) is 10.1. The zero-order valence-corrected chi connectivity index (χ0v) is 19.9. The molecule has 0 aliphatic heterocycles. The van der Waals surface area contributed by atoms with E-state index in [1.165, 1.54) is 19.3 Å². The Morgan fingerprint density at radius 1 is 0.935 bits per heavy atom. The van der Waals surface area contributed by atoms with Crippen LogP contribution in [-0.4, -0.2) is 30.9 Å². The van der Waals surface area contributed by atoms with Crippen LogP contribution in [0.4, 0.5) is 5.69 Å². The Balaban J connectivity index is 0.000000500. The summed E-state index contributed by atoms with van der Waals surface area (Å²) >= 11 is 3.29. The molecule has 3 N–H and O–H groups in total. The van der Waals surface area contributed by atoms with Crippen molar-refractivity contribution < 1.29 is 19.4 Å². The zero-order chi connectivity index (χ0) is 22.9. The van der Waals surface area contributed by atoms with Gasteiger partial charge >= 0.3 is 5.97 Å². The molecule has 0 unspecified atom stereocenters. The minimum Gasteiger partial charge on any atom is -0.494 e. The fraction of sp³-hybridized carbons (Fsp3) is 0.400. The third-order valence-corrected chi connectivity index (χ3v) is 4.80. The number of carbonyl (C=O) groups is 1. The van der Waals surface area contributed by atoms with Gasteiger partial charge < -0.3 is 20.3 Å². The molecule has 0 atom stereocenters. The highest BCUT2D eigenvalue weighted by atomic mass is 79.9. The number of unbranched alkanes of at least 4 members (excludes halogenated alkanes) is 5. The summed E-state index contributed by atoms with van der Waals surface area (Å²) < 4.78 is 12.1. The van der Waals surface area contributed by atoms with Gasteiger partial charge in [-0.05, 0) is 68.3 Å². The van der Waals surface area contributed by atoms with E-state index >= 15 is 0 Å². The van der Waals surface area contributed by atoms with Crippen molar-refractivity contribution in [1.82, 2.24) is 0 Å². The first-order valence-corrected chi connectivity index (χ1v) is 11.4. The zero-order valence-electron chi connectivity index (χ0n) is 18.3. The molecule has 5 nitrogen and oxygen atoms in total. The summed E-state index contributed by atoms with van der Waals surface area (Å²) in [4.78, 5) is 10.7. The van der Waals surface area contributed by atoms with Crippen molar-refractivity contribution in [2.45, 2.75) is 45.4 Å². The Labute approximate surface area is 194 Å². The van der Waals surface area contributed by atoms with Gasteiger partial charge in [0.05, 0.1) is 18.8 Å². The van der Waals surface area contributed by atoms with Crippen molar-refractivity contribution in [3.05, 3.63) is 70.7 Å². The van der Waals surface area contributed by atoms with Gasteiger partial charge in [-0.2, -0.15) is 0 Å². The monoisotopic (exact) mass is 491 g/mol. The fourth-order valence-electron chi connectivity index (χ4n) is 2.61. The Bertz CT molecular complexity index is 739. The van der Waals surface area contributed by atoms with Gasteiger partial charge in [-0.3, -0.25) is 0 Å². The topological polar surface area (TPSA) is 81.8 Å². The van der Waals surface area contributed by atoms with E-state index in [-0.39, 0.29) is 5.56 Å². The van der Waals surface area contributed by atoms with Crippen molar-refractivity contribution in [2.24, 2.45) is 0 Å². The maximum atomic E-state index is 10.7. The van der Waals surface area contributed by atoms with Gasteiger partial charge in [0.25, 0.3) is 0 Å². The molecule has 0 aliphatic rings. The van der Waals surface area contributed by atoms with Gasteiger partial charge in [-0.15, -0.1) is 0 Å². The molecular formula is C25H34BrNO4. The van der Waals surface area contributed by atoms with E-state index in [9.17, 15) is 4.79 Å². The largest absolute Gasteiger partial charge is 0.494 e. The molecule has 2 aromatic rings. The lowest BCUT2D eigenvalue weighted by Crippen LogP contribution is -1.99. The van der Waals surface area contributed by atoms with E-state index in [1.54, 1.807) is 24.3 Å². The number of nitrogen functional groups attached to an aromatic ring is 1. The van der Waals surface area contributed by atoms with Crippen molar-refractivity contribution >= 4 is 27.6 Å². The van der Waals surface area contributed by atoms with E-state index in [0.717, 1.165) is 47.4 Å². The molecule has 0 amide bonds. The highest BCUT2D eigenvalue weighted by Gasteiger charge is 2.02. The van der Waals surface area contributed by atoms with E-state index in [2.05, 4.69) is 22.5 Å². The van der Waals surface area contributed by atoms with Crippen LogP contribution >= 0.6 is 15.9 Å². The number of carboxylic acid groups (broad SMARTS) is 1. The van der Waals surface area contributed by atoms with E-state index < -0.39 is 5.97 Å². The van der Waals surface area contributed by atoms with E-state index in [0.29, 0.717) is 13.2 Å². The predicted molar refractivity (Wildman–Crippen MR) is 131 cm³/mol. The van der Waals surface area contributed by atoms with Crippen LogP contribution in [-0.2, 0) is 4.74 Å². The second kappa shape index (κ2) is 16.4. The van der Waals surface area contributed by atoms with Crippen LogP contribution in [0.1, 0.15) is 55.8 Å². The van der Waals surface area contributed by atoms with E-state index in [1.807, 2.05) is 31.2 Å². The Morgan fingerprint density at radius 3 is 2.00 bits per heavy atom. The first kappa shape index (κ1) is 26.7. The average Bonchev–Trinajstić information content (AvgIpc) is 2.74. The minimum atomic E-state index is -0.915. The standard InChI is InChI=1S/C19H28O4.C6H6BrN/c1-16(2)15-22-13-7-5-3-4-6-8-14-23-18-11-9-17(10-12-18)19(20)21;7-5-1-3-6(8)4-2-5/h9-12H,1,3-8,13-15H2,2H3,(H,20,21);1-4H,8H2. The van der Waals surface area contributed by atoms with Gasteiger partial charge in [0, 0.05) is 16.8 Å².